The molecule has 2 heterocycles. The molecule has 2 N–H and O–H groups in total. The highest BCUT2D eigenvalue weighted by Crippen LogP contribution is 2.42. The Labute approximate surface area is 293 Å². The lowest BCUT2D eigenvalue weighted by Gasteiger charge is -2.53. The van der Waals surface area contributed by atoms with Crippen molar-refractivity contribution >= 4 is 35.8 Å². The van der Waals surface area contributed by atoms with Gasteiger partial charge in [-0.2, -0.15) is 0 Å². The molecular weight excluding hydrogens is 662 g/mol. The fourth-order valence-corrected chi connectivity index (χ4v) is 6.20. The molecule has 10 atom stereocenters. The Morgan fingerprint density at radius 1 is 0.680 bits per heavy atom. The fourth-order valence-electron chi connectivity index (χ4n) is 6.20. The topological polar surface area (TPSA) is 209 Å². The molecule has 16 heteroatoms. The lowest BCUT2D eigenvalue weighted by Crippen LogP contribution is -2.71. The Balaban J connectivity index is 2.86. The van der Waals surface area contributed by atoms with E-state index in [1.165, 1.54) is 13.8 Å². The smallest absolute Gasteiger partial charge is 0.335 e. The maximum Gasteiger partial charge on any atom is 0.335 e. The summed E-state index contributed by atoms with van der Waals surface area (Å²) in [6, 6.07) is -1.08. The third-order valence-electron chi connectivity index (χ3n) is 9.67. The number of carboxylic acid groups (broad SMARTS) is 1. The quantitative estimate of drug-likeness (QED) is 0.174. The first-order valence-electron chi connectivity index (χ1n) is 17.0. The van der Waals surface area contributed by atoms with Gasteiger partial charge in [-0.25, -0.2) is 4.79 Å². The number of rotatable bonds is 16. The van der Waals surface area contributed by atoms with Crippen molar-refractivity contribution in [1.29, 1.82) is 0 Å². The molecule has 0 aromatic carbocycles. The Morgan fingerprint density at radius 3 is 1.64 bits per heavy atom. The van der Waals surface area contributed by atoms with Gasteiger partial charge in [0, 0.05) is 34.6 Å². The zero-order chi connectivity index (χ0) is 38.1. The standard InChI is InChI=1S/C34H55NO15/c1-12-33(10,13-2)30-23(35-17(5)36)25(24(44-19(7)38)22(47-30)16-43-18(6)37)48-32-29(46-21(9)40)26(45-20(8)39)27(28(49-32)31(41)42)50-34(11,14-3)15-4/h22-30,32H,12-16H2,1-11H3,(H,35,36)(H,41,42). The van der Waals surface area contributed by atoms with E-state index in [4.69, 9.17) is 37.9 Å². The summed E-state index contributed by atoms with van der Waals surface area (Å²) < 4.78 is 47.6. The molecule has 16 nitrogen and oxygen atoms in total. The largest absolute Gasteiger partial charge is 0.479 e. The molecule has 0 saturated carbocycles. The Hall–Kier alpha value is -3.34. The highest BCUT2D eigenvalue weighted by atomic mass is 16.7. The summed E-state index contributed by atoms with van der Waals surface area (Å²) in [6.45, 7) is 16.6. The van der Waals surface area contributed by atoms with Crippen LogP contribution in [0.5, 0.6) is 0 Å². The normalized spacial score (nSPS) is 30.1. The maximum atomic E-state index is 12.8. The third-order valence-corrected chi connectivity index (χ3v) is 9.67. The molecule has 50 heavy (non-hydrogen) atoms. The van der Waals surface area contributed by atoms with Gasteiger partial charge < -0.3 is 48.3 Å². The molecule has 0 bridgehead atoms. The van der Waals surface area contributed by atoms with Crippen LogP contribution >= 0.6 is 0 Å². The lowest BCUT2D eigenvalue weighted by atomic mass is 9.72. The van der Waals surface area contributed by atoms with E-state index in [-0.39, 0.29) is 6.61 Å². The lowest BCUT2D eigenvalue weighted by molar-refractivity contribution is -0.342. The first-order valence-corrected chi connectivity index (χ1v) is 17.0. The molecule has 2 rings (SSSR count). The molecule has 0 radical (unpaired) electrons. The van der Waals surface area contributed by atoms with Crippen molar-refractivity contribution in [2.75, 3.05) is 6.61 Å². The Bertz CT molecular complexity index is 1210. The molecular formula is C34H55NO15. The molecule has 1 amide bonds. The van der Waals surface area contributed by atoms with Crippen LogP contribution in [0.15, 0.2) is 0 Å². The predicted molar refractivity (Wildman–Crippen MR) is 173 cm³/mol. The summed E-state index contributed by atoms with van der Waals surface area (Å²) in [5, 5.41) is 13.3. The first-order chi connectivity index (χ1) is 23.3. The van der Waals surface area contributed by atoms with Gasteiger partial charge in [-0.05, 0) is 38.0 Å². The number of carbonyl (C=O) groups is 6. The predicted octanol–water partition coefficient (Wildman–Crippen LogP) is 2.60. The zero-order valence-corrected chi connectivity index (χ0v) is 31.0. The SMILES string of the molecule is CCC(C)(CC)OC1C(C(=O)O)OC(OC2C(NC(C)=O)C(C(C)(CC)CC)OC(COC(C)=O)C2OC(C)=O)C(OC(C)=O)C1OC(C)=O. The van der Waals surface area contributed by atoms with Crippen LogP contribution in [0.2, 0.25) is 0 Å². The van der Waals surface area contributed by atoms with Crippen LogP contribution in [-0.4, -0.2) is 114 Å². The summed E-state index contributed by atoms with van der Waals surface area (Å²) >= 11 is 0. The number of ether oxygens (including phenoxy) is 8. The van der Waals surface area contributed by atoms with Crippen molar-refractivity contribution in [3.8, 4) is 0 Å². The minimum Gasteiger partial charge on any atom is -0.479 e. The number of aliphatic carboxylic acids is 1. The number of amides is 1. The van der Waals surface area contributed by atoms with Crippen LogP contribution in [0.4, 0.5) is 0 Å². The molecule has 2 saturated heterocycles. The average Bonchev–Trinajstić information content (AvgIpc) is 3.02. The van der Waals surface area contributed by atoms with Crippen molar-refractivity contribution in [2.45, 2.75) is 169 Å². The summed E-state index contributed by atoms with van der Waals surface area (Å²) in [5.74, 6) is -5.08. The van der Waals surface area contributed by atoms with Gasteiger partial charge in [-0.15, -0.1) is 0 Å². The second-order valence-electron chi connectivity index (χ2n) is 13.3. The number of carboxylic acids is 1. The number of hydrogen-bond acceptors (Lipinski definition) is 14. The van der Waals surface area contributed by atoms with Crippen LogP contribution in [0, 0.1) is 5.41 Å². The van der Waals surface area contributed by atoms with E-state index in [2.05, 4.69) is 5.32 Å². The second-order valence-corrected chi connectivity index (χ2v) is 13.3. The second kappa shape index (κ2) is 18.2. The maximum absolute atomic E-state index is 12.8. The average molecular weight is 718 g/mol. The highest BCUT2D eigenvalue weighted by molar-refractivity contribution is 5.74. The van der Waals surface area contributed by atoms with E-state index in [1.54, 1.807) is 6.92 Å². The van der Waals surface area contributed by atoms with Crippen LogP contribution < -0.4 is 5.32 Å². The monoisotopic (exact) mass is 717 g/mol. The molecule has 0 aromatic heterocycles. The van der Waals surface area contributed by atoms with Gasteiger partial charge in [0.1, 0.15) is 24.9 Å². The number of carbonyl (C=O) groups excluding carboxylic acids is 5. The van der Waals surface area contributed by atoms with Crippen LogP contribution in [0.1, 0.15) is 102 Å². The van der Waals surface area contributed by atoms with Crippen molar-refractivity contribution in [1.82, 2.24) is 5.32 Å². The fraction of sp³-hybridized carbons (Fsp3) is 0.824. The summed E-state index contributed by atoms with van der Waals surface area (Å²) in [6.07, 6.45) is -11.0. The molecule has 286 valence electrons. The zero-order valence-electron chi connectivity index (χ0n) is 31.0. The number of esters is 4. The number of nitrogens with one attached hydrogen (secondary N) is 1. The minimum absolute atomic E-state index is 0.380. The van der Waals surface area contributed by atoms with Gasteiger partial charge in [0.15, 0.2) is 30.7 Å². The minimum atomic E-state index is -1.82. The van der Waals surface area contributed by atoms with Crippen LogP contribution in [0.3, 0.4) is 0 Å². The van der Waals surface area contributed by atoms with Gasteiger partial charge in [-0.1, -0.05) is 34.6 Å². The first kappa shape index (κ1) is 42.8. The van der Waals surface area contributed by atoms with Crippen molar-refractivity contribution < 1.29 is 71.8 Å². The van der Waals surface area contributed by atoms with Gasteiger partial charge in [0.25, 0.3) is 0 Å². The van der Waals surface area contributed by atoms with E-state index >= 15 is 0 Å². The third kappa shape index (κ3) is 10.8. The highest BCUT2D eigenvalue weighted by Gasteiger charge is 2.59. The molecule has 0 aliphatic carbocycles. The van der Waals surface area contributed by atoms with Crippen molar-refractivity contribution in [3.05, 3.63) is 0 Å². The molecule has 2 aliphatic rings. The molecule has 10 unspecified atom stereocenters. The summed E-state index contributed by atoms with van der Waals surface area (Å²) in [4.78, 5) is 75.0. The molecule has 0 spiro atoms. The number of hydrogen-bond donors (Lipinski definition) is 2. The van der Waals surface area contributed by atoms with E-state index in [1.807, 2.05) is 34.6 Å². The summed E-state index contributed by atoms with van der Waals surface area (Å²) in [5.41, 5.74) is -1.53. The van der Waals surface area contributed by atoms with Crippen LogP contribution in [0.25, 0.3) is 0 Å². The van der Waals surface area contributed by atoms with E-state index in [0.717, 1.165) is 20.8 Å². The molecule has 0 aromatic rings. The van der Waals surface area contributed by atoms with Crippen molar-refractivity contribution in [3.63, 3.8) is 0 Å². The Morgan fingerprint density at radius 2 is 1.20 bits per heavy atom. The van der Waals surface area contributed by atoms with Crippen molar-refractivity contribution in [2.24, 2.45) is 5.41 Å². The van der Waals surface area contributed by atoms with Gasteiger partial charge >= 0.3 is 29.8 Å². The molecule has 2 fully saturated rings. The van der Waals surface area contributed by atoms with Crippen LogP contribution in [-0.2, 0) is 66.7 Å². The van der Waals surface area contributed by atoms with Gasteiger partial charge in [-0.3, -0.25) is 24.0 Å². The van der Waals surface area contributed by atoms with Gasteiger partial charge in [0.05, 0.1) is 17.7 Å². The molecule has 2 aliphatic heterocycles. The summed E-state index contributed by atoms with van der Waals surface area (Å²) in [7, 11) is 0. The van der Waals surface area contributed by atoms with E-state index in [9.17, 15) is 33.9 Å². The Kier molecular flexibility index (Phi) is 15.6. The van der Waals surface area contributed by atoms with E-state index < -0.39 is 108 Å². The van der Waals surface area contributed by atoms with E-state index in [0.29, 0.717) is 25.7 Å². The van der Waals surface area contributed by atoms with Gasteiger partial charge in [0.2, 0.25) is 5.91 Å².